The van der Waals surface area contributed by atoms with Gasteiger partial charge in [-0.05, 0) is 31.2 Å². The van der Waals surface area contributed by atoms with Gasteiger partial charge in [-0.25, -0.2) is 0 Å². The second-order valence-corrected chi connectivity index (χ2v) is 5.52. The Hall–Kier alpha value is -0.820. The summed E-state index contributed by atoms with van der Waals surface area (Å²) in [5.41, 5.74) is 5.68. The Kier molecular flexibility index (Phi) is 6.75. The summed E-state index contributed by atoms with van der Waals surface area (Å²) in [6.45, 7) is 2.91. The zero-order valence-electron chi connectivity index (χ0n) is 11.9. The zero-order chi connectivity index (χ0) is 13.7. The van der Waals surface area contributed by atoms with E-state index in [1.165, 1.54) is 19.3 Å². The van der Waals surface area contributed by atoms with Crippen LogP contribution < -0.4 is 11.1 Å². The number of nitrogens with two attached hydrogens (primary N) is 1. The lowest BCUT2D eigenvalue weighted by atomic mass is 9.85. The van der Waals surface area contributed by atoms with Crippen molar-refractivity contribution in [3.63, 3.8) is 0 Å². The average Bonchev–Trinajstić information content (AvgIpc) is 2.36. The van der Waals surface area contributed by atoms with Crippen molar-refractivity contribution in [3.05, 3.63) is 35.9 Å². The van der Waals surface area contributed by atoms with Crippen molar-refractivity contribution >= 4 is 29.9 Å². The van der Waals surface area contributed by atoms with Crippen molar-refractivity contribution in [3.8, 4) is 0 Å². The van der Waals surface area contributed by atoms with Crippen LogP contribution in [0.5, 0.6) is 0 Å². The van der Waals surface area contributed by atoms with E-state index in [4.69, 9.17) is 5.73 Å². The van der Waals surface area contributed by atoms with E-state index in [0.717, 1.165) is 18.0 Å². The quantitative estimate of drug-likeness (QED) is 0.411. The first-order valence-corrected chi connectivity index (χ1v) is 6.89. The minimum absolute atomic E-state index is 0. The predicted molar refractivity (Wildman–Crippen MR) is 93.3 cm³/mol. The largest absolute Gasteiger partial charge is 0.384 e. The Morgan fingerprint density at radius 1 is 1.40 bits per heavy atom. The Morgan fingerprint density at radius 2 is 2.05 bits per heavy atom. The molecule has 2 rings (SSSR count). The number of nitrogens with one attached hydrogen (secondary N) is 1. The third kappa shape index (κ3) is 4.94. The van der Waals surface area contributed by atoms with Crippen molar-refractivity contribution < 1.29 is 5.11 Å². The van der Waals surface area contributed by atoms with E-state index in [2.05, 4.69) is 10.3 Å². The van der Waals surface area contributed by atoms with E-state index in [0.29, 0.717) is 5.96 Å². The van der Waals surface area contributed by atoms with Gasteiger partial charge < -0.3 is 16.2 Å². The smallest absolute Gasteiger partial charge is 0.188 e. The number of benzene rings is 1. The average molecular weight is 389 g/mol. The molecule has 1 fully saturated rings. The Bertz CT molecular complexity index is 430. The number of nitrogens with zero attached hydrogens (tertiary/aromatic N) is 1. The molecule has 4 nitrogen and oxygen atoms in total. The van der Waals surface area contributed by atoms with Crippen LogP contribution in [0.25, 0.3) is 0 Å². The van der Waals surface area contributed by atoms with E-state index < -0.39 is 5.60 Å². The van der Waals surface area contributed by atoms with Crippen molar-refractivity contribution in [1.29, 1.82) is 0 Å². The number of hydrogen-bond acceptors (Lipinski definition) is 2. The maximum absolute atomic E-state index is 10.4. The summed E-state index contributed by atoms with van der Waals surface area (Å²) in [5.74, 6) is 1.16. The lowest BCUT2D eigenvalue weighted by molar-refractivity contribution is 0.0673. The molecule has 0 aromatic heterocycles. The first kappa shape index (κ1) is 17.2. The van der Waals surface area contributed by atoms with Crippen LogP contribution in [-0.2, 0) is 5.60 Å². The fourth-order valence-corrected chi connectivity index (χ4v) is 2.13. The molecule has 1 atom stereocenters. The molecule has 1 aliphatic carbocycles. The van der Waals surface area contributed by atoms with Gasteiger partial charge in [-0.15, -0.1) is 24.0 Å². The fraction of sp³-hybridized carbons (Fsp3) is 0.533. The van der Waals surface area contributed by atoms with Crippen LogP contribution in [0.3, 0.4) is 0 Å². The molecule has 0 aliphatic heterocycles. The molecule has 0 saturated heterocycles. The third-order valence-corrected chi connectivity index (χ3v) is 3.75. The molecule has 0 amide bonds. The molecule has 112 valence electrons. The molecule has 1 unspecified atom stereocenters. The maximum Gasteiger partial charge on any atom is 0.188 e. The first-order valence-electron chi connectivity index (χ1n) is 6.89. The highest BCUT2D eigenvalue weighted by atomic mass is 127. The predicted octanol–water partition coefficient (Wildman–Crippen LogP) is 2.22. The second kappa shape index (κ2) is 7.83. The van der Waals surface area contributed by atoms with Gasteiger partial charge in [0.15, 0.2) is 5.96 Å². The molecule has 0 spiro atoms. The summed E-state index contributed by atoms with van der Waals surface area (Å²) in [4.78, 5) is 4.24. The Labute approximate surface area is 137 Å². The molecule has 1 aromatic rings. The van der Waals surface area contributed by atoms with Gasteiger partial charge in [0.2, 0.25) is 0 Å². The third-order valence-electron chi connectivity index (χ3n) is 3.75. The van der Waals surface area contributed by atoms with Gasteiger partial charge >= 0.3 is 0 Å². The van der Waals surface area contributed by atoms with Crippen molar-refractivity contribution in [2.45, 2.75) is 31.8 Å². The molecule has 0 heterocycles. The minimum atomic E-state index is -0.982. The van der Waals surface area contributed by atoms with E-state index >= 15 is 0 Å². The topological polar surface area (TPSA) is 70.6 Å². The first-order chi connectivity index (χ1) is 9.08. The van der Waals surface area contributed by atoms with Crippen LogP contribution in [0.15, 0.2) is 35.3 Å². The van der Waals surface area contributed by atoms with E-state index in [9.17, 15) is 5.11 Å². The highest BCUT2D eigenvalue weighted by Gasteiger charge is 2.22. The molecular formula is C15H24IN3O. The molecule has 1 aromatic carbocycles. The normalized spacial score (nSPS) is 18.6. The van der Waals surface area contributed by atoms with E-state index in [-0.39, 0.29) is 30.5 Å². The highest BCUT2D eigenvalue weighted by molar-refractivity contribution is 14.0. The Balaban J connectivity index is 0.00000200. The summed E-state index contributed by atoms with van der Waals surface area (Å²) >= 11 is 0. The van der Waals surface area contributed by atoms with Crippen molar-refractivity contribution in [2.24, 2.45) is 16.6 Å². The number of guanidine groups is 1. The fourth-order valence-electron chi connectivity index (χ4n) is 2.13. The van der Waals surface area contributed by atoms with Crippen LogP contribution in [0.1, 0.15) is 31.7 Å². The minimum Gasteiger partial charge on any atom is -0.384 e. The number of aliphatic imine (C=N–C) groups is 1. The van der Waals surface area contributed by atoms with Crippen molar-refractivity contribution in [2.75, 3.05) is 13.1 Å². The molecule has 1 saturated carbocycles. The molecule has 5 heteroatoms. The molecule has 4 N–H and O–H groups in total. The van der Waals surface area contributed by atoms with Crippen LogP contribution in [0, 0.1) is 5.92 Å². The lowest BCUT2D eigenvalue weighted by Crippen LogP contribution is -2.38. The molecule has 0 bridgehead atoms. The summed E-state index contributed by atoms with van der Waals surface area (Å²) < 4.78 is 0. The molecule has 20 heavy (non-hydrogen) atoms. The highest BCUT2D eigenvalue weighted by Crippen LogP contribution is 2.25. The number of hydrogen-bond donors (Lipinski definition) is 3. The molecule has 0 radical (unpaired) electrons. The summed E-state index contributed by atoms with van der Waals surface area (Å²) in [5, 5.41) is 13.5. The summed E-state index contributed by atoms with van der Waals surface area (Å²) in [7, 11) is 0. The van der Waals surface area contributed by atoms with Crippen LogP contribution in [0.2, 0.25) is 0 Å². The van der Waals surface area contributed by atoms with Crippen molar-refractivity contribution in [1.82, 2.24) is 5.32 Å². The molecule has 1 aliphatic rings. The zero-order valence-corrected chi connectivity index (χ0v) is 14.2. The van der Waals surface area contributed by atoms with Gasteiger partial charge in [-0.2, -0.15) is 0 Å². The van der Waals surface area contributed by atoms with Crippen LogP contribution in [-0.4, -0.2) is 24.2 Å². The van der Waals surface area contributed by atoms with Crippen LogP contribution in [0.4, 0.5) is 0 Å². The van der Waals surface area contributed by atoms with Gasteiger partial charge in [-0.1, -0.05) is 36.8 Å². The number of halogens is 1. The van der Waals surface area contributed by atoms with Gasteiger partial charge in [0.1, 0.15) is 5.60 Å². The molecular weight excluding hydrogens is 365 g/mol. The van der Waals surface area contributed by atoms with Gasteiger partial charge in [0, 0.05) is 6.54 Å². The second-order valence-electron chi connectivity index (χ2n) is 5.52. The Morgan fingerprint density at radius 3 is 2.60 bits per heavy atom. The van der Waals surface area contributed by atoms with Gasteiger partial charge in [0.25, 0.3) is 0 Å². The van der Waals surface area contributed by atoms with E-state index in [1.54, 1.807) is 6.92 Å². The van der Waals surface area contributed by atoms with Crippen LogP contribution >= 0.6 is 24.0 Å². The SMILES string of the molecule is CC(O)(CN=C(N)NCC1CCC1)c1ccccc1.I. The number of rotatable bonds is 5. The standard InChI is InChI=1S/C15H23N3O.HI/c1-15(19,13-8-3-2-4-9-13)11-18-14(16)17-10-12-6-5-7-12;/h2-4,8-9,12,19H,5-7,10-11H2,1H3,(H3,16,17,18);1H. The monoisotopic (exact) mass is 389 g/mol. The van der Waals surface area contributed by atoms with E-state index in [1.807, 2.05) is 30.3 Å². The summed E-state index contributed by atoms with van der Waals surface area (Å²) in [6, 6.07) is 9.54. The van der Waals surface area contributed by atoms with Gasteiger partial charge in [0.05, 0.1) is 6.54 Å². The maximum atomic E-state index is 10.4. The van der Waals surface area contributed by atoms with Gasteiger partial charge in [-0.3, -0.25) is 4.99 Å². The lowest BCUT2D eigenvalue weighted by Gasteiger charge is -2.26. The number of aliphatic hydroxyl groups is 1. The summed E-state index contributed by atoms with van der Waals surface area (Å²) in [6.07, 6.45) is 3.89.